The standard InChI is InChI=1S/C18H28N2O/c1-5-8-14(9-6-2)18(21)20-17-12(3)13(4)19-16-11-7-10-15(16)17/h14H,5-11H2,1-4H3,(H,19,20,21). The number of pyridine rings is 1. The second kappa shape index (κ2) is 7.06. The predicted octanol–water partition coefficient (Wildman–Crippen LogP) is 4.34. The summed E-state index contributed by atoms with van der Waals surface area (Å²) in [5.74, 6) is 0.339. The van der Waals surface area contributed by atoms with E-state index in [1.807, 2.05) is 6.92 Å². The Balaban J connectivity index is 2.24. The summed E-state index contributed by atoms with van der Waals surface area (Å²) < 4.78 is 0. The van der Waals surface area contributed by atoms with Crippen molar-refractivity contribution in [3.8, 4) is 0 Å². The van der Waals surface area contributed by atoms with E-state index < -0.39 is 0 Å². The number of carbonyl (C=O) groups is 1. The van der Waals surface area contributed by atoms with Gasteiger partial charge in [0.1, 0.15) is 0 Å². The van der Waals surface area contributed by atoms with Crippen LogP contribution in [0, 0.1) is 19.8 Å². The first kappa shape index (κ1) is 16.0. The molecule has 2 rings (SSSR count). The van der Waals surface area contributed by atoms with Crippen LogP contribution in [-0.2, 0) is 17.6 Å². The number of carbonyl (C=O) groups excluding carboxylic acids is 1. The number of hydrogen-bond acceptors (Lipinski definition) is 2. The monoisotopic (exact) mass is 288 g/mol. The van der Waals surface area contributed by atoms with E-state index in [1.165, 1.54) is 11.3 Å². The van der Waals surface area contributed by atoms with Crippen molar-refractivity contribution < 1.29 is 4.79 Å². The molecule has 1 aliphatic rings. The second-order valence-electron chi connectivity index (χ2n) is 6.24. The maximum absolute atomic E-state index is 12.6. The number of aromatic nitrogens is 1. The fraction of sp³-hybridized carbons (Fsp3) is 0.667. The smallest absolute Gasteiger partial charge is 0.227 e. The summed E-state index contributed by atoms with van der Waals surface area (Å²) in [6.45, 7) is 8.41. The Hall–Kier alpha value is -1.38. The van der Waals surface area contributed by atoms with Crippen LogP contribution in [0.2, 0.25) is 0 Å². The molecule has 0 unspecified atom stereocenters. The number of fused-ring (bicyclic) bond motifs is 1. The van der Waals surface area contributed by atoms with Crippen molar-refractivity contribution in [2.45, 2.75) is 72.6 Å². The van der Waals surface area contributed by atoms with Crippen LogP contribution in [0.1, 0.15) is 68.5 Å². The third kappa shape index (κ3) is 3.45. The number of amides is 1. The molecule has 0 saturated heterocycles. The molecule has 3 nitrogen and oxygen atoms in total. The fourth-order valence-electron chi connectivity index (χ4n) is 3.31. The number of aryl methyl sites for hydroxylation is 2. The van der Waals surface area contributed by atoms with Gasteiger partial charge in [0.25, 0.3) is 0 Å². The van der Waals surface area contributed by atoms with Gasteiger partial charge in [0, 0.05) is 17.3 Å². The largest absolute Gasteiger partial charge is 0.325 e. The molecule has 1 N–H and O–H groups in total. The number of nitrogens with zero attached hydrogens (tertiary/aromatic N) is 1. The van der Waals surface area contributed by atoms with Gasteiger partial charge in [-0.05, 0) is 57.1 Å². The molecule has 3 heteroatoms. The molecule has 0 saturated carbocycles. The Morgan fingerprint density at radius 1 is 1.19 bits per heavy atom. The van der Waals surface area contributed by atoms with E-state index in [9.17, 15) is 4.79 Å². The zero-order valence-corrected chi connectivity index (χ0v) is 13.9. The van der Waals surface area contributed by atoms with Crippen molar-refractivity contribution in [3.63, 3.8) is 0 Å². The molecule has 1 aromatic rings. The molecule has 0 spiro atoms. The first-order valence-electron chi connectivity index (χ1n) is 8.38. The van der Waals surface area contributed by atoms with Gasteiger partial charge in [0.2, 0.25) is 5.91 Å². The number of nitrogens with one attached hydrogen (secondary N) is 1. The molecule has 0 bridgehead atoms. The molecule has 0 radical (unpaired) electrons. The fourth-order valence-corrected chi connectivity index (χ4v) is 3.31. The van der Waals surface area contributed by atoms with Gasteiger partial charge in [-0.25, -0.2) is 0 Å². The van der Waals surface area contributed by atoms with Gasteiger partial charge in [-0.15, -0.1) is 0 Å². The highest BCUT2D eigenvalue weighted by Gasteiger charge is 2.23. The van der Waals surface area contributed by atoms with E-state index in [-0.39, 0.29) is 11.8 Å². The molecule has 1 aromatic heterocycles. The normalized spacial score (nSPS) is 13.6. The molecule has 1 aliphatic carbocycles. The zero-order chi connectivity index (χ0) is 15.4. The lowest BCUT2D eigenvalue weighted by Crippen LogP contribution is -2.24. The molecule has 1 heterocycles. The van der Waals surface area contributed by atoms with Gasteiger partial charge >= 0.3 is 0 Å². The van der Waals surface area contributed by atoms with Crippen LogP contribution in [0.15, 0.2) is 0 Å². The number of hydrogen-bond donors (Lipinski definition) is 1. The Kier molecular flexibility index (Phi) is 5.38. The molecule has 21 heavy (non-hydrogen) atoms. The SMILES string of the molecule is CCCC(CCC)C(=O)Nc1c(C)c(C)nc2c1CCC2. The maximum Gasteiger partial charge on any atom is 0.227 e. The van der Waals surface area contributed by atoms with Gasteiger partial charge in [-0.3, -0.25) is 9.78 Å². The lowest BCUT2D eigenvalue weighted by Gasteiger charge is -2.19. The average molecular weight is 288 g/mol. The maximum atomic E-state index is 12.6. The lowest BCUT2D eigenvalue weighted by molar-refractivity contribution is -0.120. The molecule has 0 fully saturated rings. The van der Waals surface area contributed by atoms with Gasteiger partial charge in [0.05, 0.1) is 5.69 Å². The summed E-state index contributed by atoms with van der Waals surface area (Å²) in [7, 11) is 0. The van der Waals surface area contributed by atoms with E-state index in [0.717, 1.165) is 61.9 Å². The summed E-state index contributed by atoms with van der Waals surface area (Å²) in [4.78, 5) is 17.3. The van der Waals surface area contributed by atoms with Crippen molar-refractivity contribution in [2.24, 2.45) is 5.92 Å². The molecule has 116 valence electrons. The van der Waals surface area contributed by atoms with Crippen molar-refractivity contribution in [3.05, 3.63) is 22.5 Å². The average Bonchev–Trinajstić information content (AvgIpc) is 2.91. The van der Waals surface area contributed by atoms with Crippen LogP contribution in [0.25, 0.3) is 0 Å². The molecule has 0 atom stereocenters. The third-order valence-electron chi connectivity index (χ3n) is 4.60. The lowest BCUT2D eigenvalue weighted by atomic mass is 9.96. The Morgan fingerprint density at radius 3 is 2.48 bits per heavy atom. The van der Waals surface area contributed by atoms with E-state index in [2.05, 4.69) is 31.1 Å². The Labute approximate surface area is 128 Å². The van der Waals surface area contributed by atoms with Crippen molar-refractivity contribution in [1.29, 1.82) is 0 Å². The Morgan fingerprint density at radius 2 is 1.86 bits per heavy atom. The summed E-state index contributed by atoms with van der Waals surface area (Å²) in [5.41, 5.74) is 5.70. The van der Waals surface area contributed by atoms with Gasteiger partial charge in [0.15, 0.2) is 0 Å². The highest BCUT2D eigenvalue weighted by atomic mass is 16.1. The van der Waals surface area contributed by atoms with Crippen LogP contribution < -0.4 is 5.32 Å². The van der Waals surface area contributed by atoms with Crippen LogP contribution >= 0.6 is 0 Å². The van der Waals surface area contributed by atoms with Gasteiger partial charge < -0.3 is 5.32 Å². The number of anilines is 1. The van der Waals surface area contributed by atoms with Crippen LogP contribution in [0.4, 0.5) is 5.69 Å². The highest BCUT2D eigenvalue weighted by molar-refractivity contribution is 5.94. The van der Waals surface area contributed by atoms with E-state index in [0.29, 0.717) is 0 Å². The van der Waals surface area contributed by atoms with E-state index in [1.54, 1.807) is 0 Å². The van der Waals surface area contributed by atoms with Crippen LogP contribution in [0.5, 0.6) is 0 Å². The van der Waals surface area contributed by atoms with Crippen LogP contribution in [0.3, 0.4) is 0 Å². The van der Waals surface area contributed by atoms with Gasteiger partial charge in [-0.2, -0.15) is 0 Å². The topological polar surface area (TPSA) is 42.0 Å². The minimum absolute atomic E-state index is 0.143. The van der Waals surface area contributed by atoms with E-state index >= 15 is 0 Å². The van der Waals surface area contributed by atoms with Crippen molar-refractivity contribution in [2.75, 3.05) is 5.32 Å². The van der Waals surface area contributed by atoms with E-state index in [4.69, 9.17) is 0 Å². The first-order valence-corrected chi connectivity index (χ1v) is 8.38. The quantitative estimate of drug-likeness (QED) is 0.846. The summed E-state index contributed by atoms with van der Waals surface area (Å²) in [6, 6.07) is 0. The van der Waals surface area contributed by atoms with Crippen LogP contribution in [-0.4, -0.2) is 10.9 Å². The third-order valence-corrected chi connectivity index (χ3v) is 4.60. The molecule has 0 aliphatic heterocycles. The predicted molar refractivity (Wildman–Crippen MR) is 87.7 cm³/mol. The molecular weight excluding hydrogens is 260 g/mol. The minimum Gasteiger partial charge on any atom is -0.325 e. The summed E-state index contributed by atoms with van der Waals surface area (Å²) >= 11 is 0. The van der Waals surface area contributed by atoms with Crippen molar-refractivity contribution in [1.82, 2.24) is 4.98 Å². The molecule has 1 amide bonds. The Bertz CT molecular complexity index is 516. The van der Waals surface area contributed by atoms with Gasteiger partial charge in [-0.1, -0.05) is 26.7 Å². The minimum atomic E-state index is 0.143. The number of rotatable bonds is 6. The zero-order valence-electron chi connectivity index (χ0n) is 13.9. The molecule has 0 aromatic carbocycles. The first-order chi connectivity index (χ1) is 10.1. The highest BCUT2D eigenvalue weighted by Crippen LogP contribution is 2.32. The summed E-state index contributed by atoms with van der Waals surface area (Å²) in [5, 5.41) is 3.24. The molecular formula is C18H28N2O. The van der Waals surface area contributed by atoms with Crippen molar-refractivity contribution >= 4 is 11.6 Å². The summed E-state index contributed by atoms with van der Waals surface area (Å²) in [6.07, 6.45) is 7.32. The second-order valence-corrected chi connectivity index (χ2v) is 6.24.